The SMILES string of the molecule is CC(C)CCNC(=O)C[C@H]1SC(c2ccc(O)cc2)=NC1=O. The topological polar surface area (TPSA) is 78.8 Å². The minimum atomic E-state index is -0.456. The van der Waals surface area contributed by atoms with Crippen molar-refractivity contribution >= 4 is 28.6 Å². The smallest absolute Gasteiger partial charge is 0.260 e. The summed E-state index contributed by atoms with van der Waals surface area (Å²) in [4.78, 5) is 27.8. The minimum Gasteiger partial charge on any atom is -0.508 e. The second-order valence-corrected chi connectivity index (χ2v) is 6.84. The van der Waals surface area contributed by atoms with Gasteiger partial charge in [-0.15, -0.1) is 0 Å². The lowest BCUT2D eigenvalue weighted by atomic mass is 10.1. The van der Waals surface area contributed by atoms with Crippen molar-refractivity contribution < 1.29 is 14.7 Å². The van der Waals surface area contributed by atoms with Crippen LogP contribution in [0.1, 0.15) is 32.3 Å². The maximum Gasteiger partial charge on any atom is 0.260 e. The molecule has 118 valence electrons. The number of phenols is 1. The highest BCUT2D eigenvalue weighted by Gasteiger charge is 2.30. The highest BCUT2D eigenvalue weighted by Crippen LogP contribution is 2.29. The van der Waals surface area contributed by atoms with Gasteiger partial charge in [0.25, 0.3) is 5.91 Å². The van der Waals surface area contributed by atoms with E-state index < -0.39 is 5.25 Å². The predicted octanol–water partition coefficient (Wildman–Crippen LogP) is 2.33. The number of aliphatic imine (C=N–C) groups is 1. The van der Waals surface area contributed by atoms with Crippen LogP contribution in [0.5, 0.6) is 5.75 Å². The van der Waals surface area contributed by atoms with Gasteiger partial charge in [0.1, 0.15) is 16.0 Å². The van der Waals surface area contributed by atoms with Crippen LogP contribution in [0, 0.1) is 5.92 Å². The van der Waals surface area contributed by atoms with Gasteiger partial charge in [-0.1, -0.05) is 25.6 Å². The molecule has 22 heavy (non-hydrogen) atoms. The van der Waals surface area contributed by atoms with E-state index in [1.807, 2.05) is 0 Å². The van der Waals surface area contributed by atoms with E-state index >= 15 is 0 Å². The standard InChI is InChI=1S/C16H20N2O3S/c1-10(2)7-8-17-14(20)9-13-15(21)18-16(22-13)11-3-5-12(19)6-4-11/h3-6,10,13,19H,7-9H2,1-2H3,(H,17,20)/t13-/m1/s1. The van der Waals surface area contributed by atoms with Gasteiger partial charge >= 0.3 is 0 Å². The Morgan fingerprint density at radius 1 is 1.36 bits per heavy atom. The Hall–Kier alpha value is -1.82. The lowest BCUT2D eigenvalue weighted by Gasteiger charge is -2.09. The quantitative estimate of drug-likeness (QED) is 0.843. The van der Waals surface area contributed by atoms with E-state index in [1.165, 1.54) is 11.8 Å². The monoisotopic (exact) mass is 320 g/mol. The van der Waals surface area contributed by atoms with Crippen molar-refractivity contribution in [3.63, 3.8) is 0 Å². The number of nitrogens with one attached hydrogen (secondary N) is 1. The molecule has 0 aliphatic carbocycles. The molecule has 0 fully saturated rings. The van der Waals surface area contributed by atoms with Crippen LogP contribution in [0.15, 0.2) is 29.3 Å². The predicted molar refractivity (Wildman–Crippen MR) is 88.1 cm³/mol. The number of hydrogen-bond donors (Lipinski definition) is 2. The number of carbonyl (C=O) groups is 2. The molecule has 5 nitrogen and oxygen atoms in total. The summed E-state index contributed by atoms with van der Waals surface area (Å²) in [6, 6.07) is 6.52. The van der Waals surface area contributed by atoms with Crippen molar-refractivity contribution in [2.24, 2.45) is 10.9 Å². The summed E-state index contributed by atoms with van der Waals surface area (Å²) in [6.45, 7) is 4.83. The number of hydrogen-bond acceptors (Lipinski definition) is 4. The number of thioether (sulfide) groups is 1. The second kappa shape index (κ2) is 7.45. The van der Waals surface area contributed by atoms with E-state index in [4.69, 9.17) is 0 Å². The first-order chi connectivity index (χ1) is 10.5. The Kier molecular flexibility index (Phi) is 5.60. The van der Waals surface area contributed by atoms with Gasteiger partial charge in [-0.3, -0.25) is 9.59 Å². The van der Waals surface area contributed by atoms with Crippen molar-refractivity contribution in [1.29, 1.82) is 0 Å². The molecule has 1 aliphatic rings. The molecule has 1 heterocycles. The lowest BCUT2D eigenvalue weighted by Crippen LogP contribution is -2.29. The van der Waals surface area contributed by atoms with E-state index in [0.29, 0.717) is 17.5 Å². The summed E-state index contributed by atoms with van der Waals surface area (Å²) in [7, 11) is 0. The number of rotatable bonds is 6. The van der Waals surface area contributed by atoms with Crippen LogP contribution in [-0.4, -0.2) is 33.8 Å². The van der Waals surface area contributed by atoms with Gasteiger partial charge < -0.3 is 10.4 Å². The van der Waals surface area contributed by atoms with Crippen molar-refractivity contribution in [2.75, 3.05) is 6.54 Å². The van der Waals surface area contributed by atoms with Gasteiger partial charge in [0, 0.05) is 18.5 Å². The molecule has 1 aromatic rings. The Balaban J connectivity index is 1.87. The van der Waals surface area contributed by atoms with E-state index in [0.717, 1.165) is 12.0 Å². The normalized spacial score (nSPS) is 17.7. The van der Waals surface area contributed by atoms with Gasteiger partial charge in [0.05, 0.1) is 0 Å². The van der Waals surface area contributed by atoms with Crippen molar-refractivity contribution in [3.05, 3.63) is 29.8 Å². The number of nitrogens with zero attached hydrogens (tertiary/aromatic N) is 1. The lowest BCUT2D eigenvalue weighted by molar-refractivity contribution is -0.124. The Labute approximate surface area is 134 Å². The average molecular weight is 320 g/mol. The molecular formula is C16H20N2O3S. The molecule has 1 aromatic carbocycles. The molecule has 0 unspecified atom stereocenters. The van der Waals surface area contributed by atoms with Crippen molar-refractivity contribution in [3.8, 4) is 5.75 Å². The third-order valence-corrected chi connectivity index (χ3v) is 4.47. The maximum absolute atomic E-state index is 11.9. The highest BCUT2D eigenvalue weighted by atomic mass is 32.2. The number of benzene rings is 1. The third kappa shape index (κ3) is 4.59. The van der Waals surface area contributed by atoms with Gasteiger partial charge in [-0.2, -0.15) is 0 Å². The molecular weight excluding hydrogens is 300 g/mol. The van der Waals surface area contributed by atoms with Crippen LogP contribution >= 0.6 is 11.8 Å². The van der Waals surface area contributed by atoms with Crippen LogP contribution in [-0.2, 0) is 9.59 Å². The zero-order chi connectivity index (χ0) is 16.1. The largest absolute Gasteiger partial charge is 0.508 e. The van der Waals surface area contributed by atoms with Crippen molar-refractivity contribution in [1.82, 2.24) is 5.32 Å². The van der Waals surface area contributed by atoms with Gasteiger partial charge in [0.2, 0.25) is 5.91 Å². The molecule has 1 atom stereocenters. The van der Waals surface area contributed by atoms with Crippen molar-refractivity contribution in [2.45, 2.75) is 31.9 Å². The zero-order valence-electron chi connectivity index (χ0n) is 12.7. The molecule has 6 heteroatoms. The summed E-state index contributed by atoms with van der Waals surface area (Å²) in [5, 5.41) is 12.3. The van der Waals surface area contributed by atoms with E-state index in [9.17, 15) is 14.7 Å². The number of aromatic hydroxyl groups is 1. The summed E-state index contributed by atoms with van der Waals surface area (Å²) >= 11 is 1.30. The molecule has 1 aliphatic heterocycles. The first kappa shape index (κ1) is 16.5. The molecule has 2 amide bonds. The molecule has 2 rings (SSSR count). The summed E-state index contributed by atoms with van der Waals surface area (Å²) < 4.78 is 0. The van der Waals surface area contributed by atoms with E-state index in [2.05, 4.69) is 24.2 Å². The Morgan fingerprint density at radius 3 is 2.68 bits per heavy atom. The number of phenolic OH excluding ortho intramolecular Hbond substituents is 1. The Bertz CT molecular complexity index is 582. The maximum atomic E-state index is 11.9. The molecule has 0 bridgehead atoms. The van der Waals surface area contributed by atoms with Gasteiger partial charge in [0.15, 0.2) is 0 Å². The molecule has 0 radical (unpaired) electrons. The van der Waals surface area contributed by atoms with Crippen LogP contribution in [0.25, 0.3) is 0 Å². The molecule has 0 saturated carbocycles. The minimum absolute atomic E-state index is 0.117. The van der Waals surface area contributed by atoms with Crippen LogP contribution in [0.4, 0.5) is 0 Å². The summed E-state index contributed by atoms with van der Waals surface area (Å²) in [6.07, 6.45) is 1.07. The van der Waals surface area contributed by atoms with Gasteiger partial charge in [-0.05, 0) is 36.6 Å². The zero-order valence-corrected chi connectivity index (χ0v) is 13.5. The van der Waals surface area contributed by atoms with E-state index in [-0.39, 0.29) is 24.0 Å². The fourth-order valence-corrected chi connectivity index (χ4v) is 3.06. The Morgan fingerprint density at radius 2 is 2.05 bits per heavy atom. The second-order valence-electron chi connectivity index (χ2n) is 5.65. The molecule has 0 spiro atoms. The van der Waals surface area contributed by atoms with Crippen LogP contribution < -0.4 is 5.32 Å². The first-order valence-electron chi connectivity index (χ1n) is 7.31. The summed E-state index contributed by atoms with van der Waals surface area (Å²) in [5.41, 5.74) is 0.777. The van der Waals surface area contributed by atoms with Gasteiger partial charge in [-0.25, -0.2) is 4.99 Å². The van der Waals surface area contributed by atoms with Crippen LogP contribution in [0.3, 0.4) is 0 Å². The fourth-order valence-electron chi connectivity index (χ4n) is 1.99. The highest BCUT2D eigenvalue weighted by molar-refractivity contribution is 8.16. The van der Waals surface area contributed by atoms with Crippen LogP contribution in [0.2, 0.25) is 0 Å². The first-order valence-corrected chi connectivity index (χ1v) is 8.19. The number of carbonyl (C=O) groups excluding carboxylic acids is 2. The summed E-state index contributed by atoms with van der Waals surface area (Å²) in [5.74, 6) is 0.313. The third-order valence-electron chi connectivity index (χ3n) is 3.27. The molecule has 0 saturated heterocycles. The fraction of sp³-hybridized carbons (Fsp3) is 0.438. The molecule has 0 aromatic heterocycles. The average Bonchev–Trinajstić information content (AvgIpc) is 2.80. The number of amides is 2. The molecule has 2 N–H and O–H groups in total. The van der Waals surface area contributed by atoms with E-state index in [1.54, 1.807) is 24.3 Å².